The molecular formula is C13H24N4O. The summed E-state index contributed by atoms with van der Waals surface area (Å²) in [4.78, 5) is 6.91. The third-order valence-electron chi connectivity index (χ3n) is 3.67. The Hall–Kier alpha value is -0.910. The van der Waals surface area contributed by atoms with Gasteiger partial charge in [0.15, 0.2) is 0 Å². The minimum Gasteiger partial charge on any atom is -0.373 e. The molecule has 1 aliphatic heterocycles. The van der Waals surface area contributed by atoms with E-state index in [0.717, 1.165) is 38.6 Å². The Morgan fingerprint density at radius 3 is 3.00 bits per heavy atom. The third-order valence-corrected chi connectivity index (χ3v) is 3.67. The molecule has 0 bridgehead atoms. The minimum atomic E-state index is 0.161. The van der Waals surface area contributed by atoms with Crippen LogP contribution in [0.1, 0.15) is 25.7 Å². The largest absolute Gasteiger partial charge is 0.373 e. The summed E-state index contributed by atoms with van der Waals surface area (Å²) >= 11 is 0. The summed E-state index contributed by atoms with van der Waals surface area (Å²) in [6.45, 7) is 9.17. The lowest BCUT2D eigenvalue weighted by molar-refractivity contribution is -0.0463. The van der Waals surface area contributed by atoms with E-state index >= 15 is 0 Å². The fourth-order valence-corrected chi connectivity index (χ4v) is 2.57. The van der Waals surface area contributed by atoms with Gasteiger partial charge in [0.2, 0.25) is 0 Å². The zero-order chi connectivity index (χ0) is 13.0. The average molecular weight is 252 g/mol. The second-order valence-electron chi connectivity index (χ2n) is 4.64. The first-order valence-electron chi connectivity index (χ1n) is 6.82. The van der Waals surface area contributed by atoms with E-state index < -0.39 is 0 Å². The van der Waals surface area contributed by atoms with Crippen LogP contribution in [0.15, 0.2) is 12.4 Å². The van der Waals surface area contributed by atoms with Crippen molar-refractivity contribution in [2.45, 2.75) is 32.5 Å². The second-order valence-corrected chi connectivity index (χ2v) is 4.64. The lowest BCUT2D eigenvalue weighted by atomic mass is 10.1. The van der Waals surface area contributed by atoms with E-state index in [1.54, 1.807) is 0 Å². The van der Waals surface area contributed by atoms with E-state index in [0.29, 0.717) is 0 Å². The number of hydrogen-bond acceptors (Lipinski definition) is 4. The van der Waals surface area contributed by atoms with E-state index in [1.165, 1.54) is 0 Å². The van der Waals surface area contributed by atoms with Gasteiger partial charge in [0.1, 0.15) is 5.82 Å². The standard InChI is InChI=1S/C13H24N4O/c1-4-16-8-9-18-11(10-16)12(14-3)13-15-6-7-17(13)5-2/h6-7,11-12,14H,4-5,8-10H2,1-3H3. The van der Waals surface area contributed by atoms with Crippen molar-refractivity contribution < 1.29 is 4.74 Å². The van der Waals surface area contributed by atoms with Crippen LogP contribution in [0.3, 0.4) is 0 Å². The molecule has 1 aromatic heterocycles. The Balaban J connectivity index is 2.13. The smallest absolute Gasteiger partial charge is 0.128 e. The Kier molecular flexibility index (Phi) is 4.74. The highest BCUT2D eigenvalue weighted by Crippen LogP contribution is 2.21. The van der Waals surface area contributed by atoms with Crippen LogP contribution in [-0.4, -0.2) is 53.8 Å². The van der Waals surface area contributed by atoms with Gasteiger partial charge in [-0.3, -0.25) is 4.90 Å². The highest BCUT2D eigenvalue weighted by molar-refractivity contribution is 5.03. The molecule has 0 amide bonds. The lowest BCUT2D eigenvalue weighted by Crippen LogP contribution is -2.48. The molecule has 0 radical (unpaired) electrons. The van der Waals surface area contributed by atoms with Gasteiger partial charge in [-0.25, -0.2) is 4.98 Å². The molecule has 5 heteroatoms. The number of aryl methyl sites for hydroxylation is 1. The zero-order valence-corrected chi connectivity index (χ0v) is 11.6. The number of nitrogens with one attached hydrogen (secondary N) is 1. The number of hydrogen-bond donors (Lipinski definition) is 1. The zero-order valence-electron chi connectivity index (χ0n) is 11.6. The van der Waals surface area contributed by atoms with Crippen molar-refractivity contribution >= 4 is 0 Å². The van der Waals surface area contributed by atoms with Crippen molar-refractivity contribution in [3.63, 3.8) is 0 Å². The predicted molar refractivity (Wildman–Crippen MR) is 71.6 cm³/mol. The fourth-order valence-electron chi connectivity index (χ4n) is 2.57. The van der Waals surface area contributed by atoms with Crippen molar-refractivity contribution in [2.24, 2.45) is 0 Å². The van der Waals surface area contributed by atoms with Gasteiger partial charge in [0, 0.05) is 32.0 Å². The monoisotopic (exact) mass is 252 g/mol. The molecule has 1 aromatic rings. The summed E-state index contributed by atoms with van der Waals surface area (Å²) in [5.41, 5.74) is 0. The van der Waals surface area contributed by atoms with Crippen molar-refractivity contribution in [2.75, 3.05) is 33.3 Å². The summed E-state index contributed by atoms with van der Waals surface area (Å²) in [6, 6.07) is 0.161. The molecule has 0 aromatic carbocycles. The Bertz CT molecular complexity index is 366. The molecule has 102 valence electrons. The second kappa shape index (κ2) is 6.31. The number of morpholine rings is 1. The molecule has 2 heterocycles. The van der Waals surface area contributed by atoms with Crippen LogP contribution < -0.4 is 5.32 Å². The van der Waals surface area contributed by atoms with Crippen molar-refractivity contribution in [1.82, 2.24) is 19.8 Å². The summed E-state index contributed by atoms with van der Waals surface area (Å²) in [7, 11) is 1.98. The SMILES string of the molecule is CCN1CCOC(C(NC)c2nccn2CC)C1. The van der Waals surface area contributed by atoms with Gasteiger partial charge in [-0.05, 0) is 20.5 Å². The molecular weight excluding hydrogens is 228 g/mol. The molecule has 2 rings (SSSR count). The summed E-state index contributed by atoms with van der Waals surface area (Å²) < 4.78 is 8.10. The highest BCUT2D eigenvalue weighted by atomic mass is 16.5. The molecule has 1 fully saturated rings. The highest BCUT2D eigenvalue weighted by Gasteiger charge is 2.30. The van der Waals surface area contributed by atoms with Crippen LogP contribution in [0.5, 0.6) is 0 Å². The summed E-state index contributed by atoms with van der Waals surface area (Å²) in [5.74, 6) is 1.07. The molecule has 1 saturated heterocycles. The maximum absolute atomic E-state index is 5.93. The van der Waals surface area contributed by atoms with Crippen LogP contribution in [0.2, 0.25) is 0 Å². The quantitative estimate of drug-likeness (QED) is 0.845. The number of nitrogens with zero attached hydrogens (tertiary/aromatic N) is 3. The topological polar surface area (TPSA) is 42.3 Å². The molecule has 18 heavy (non-hydrogen) atoms. The van der Waals surface area contributed by atoms with Gasteiger partial charge < -0.3 is 14.6 Å². The van der Waals surface area contributed by atoms with Gasteiger partial charge in [0.05, 0.1) is 18.8 Å². The van der Waals surface area contributed by atoms with Crippen LogP contribution in [-0.2, 0) is 11.3 Å². The lowest BCUT2D eigenvalue weighted by Gasteiger charge is -2.36. The Morgan fingerprint density at radius 1 is 1.50 bits per heavy atom. The van der Waals surface area contributed by atoms with E-state index in [-0.39, 0.29) is 12.1 Å². The first kappa shape index (κ1) is 13.5. The first-order valence-corrected chi connectivity index (χ1v) is 6.82. The minimum absolute atomic E-state index is 0.161. The molecule has 2 atom stereocenters. The normalized spacial score (nSPS) is 23.2. The van der Waals surface area contributed by atoms with Gasteiger partial charge >= 0.3 is 0 Å². The fraction of sp³-hybridized carbons (Fsp3) is 0.769. The van der Waals surface area contributed by atoms with E-state index in [1.807, 2.05) is 19.4 Å². The maximum atomic E-state index is 5.93. The van der Waals surface area contributed by atoms with Crippen LogP contribution in [0.4, 0.5) is 0 Å². The molecule has 0 aliphatic carbocycles. The van der Waals surface area contributed by atoms with Crippen LogP contribution in [0, 0.1) is 0 Å². The number of ether oxygens (including phenoxy) is 1. The molecule has 0 saturated carbocycles. The van der Waals surface area contributed by atoms with Gasteiger partial charge in [-0.1, -0.05) is 6.92 Å². The molecule has 1 N–H and O–H groups in total. The third kappa shape index (κ3) is 2.74. The Morgan fingerprint density at radius 2 is 2.33 bits per heavy atom. The summed E-state index contributed by atoms with van der Waals surface area (Å²) in [6.07, 6.45) is 4.07. The number of likely N-dealkylation sites (N-methyl/N-ethyl adjacent to an activating group) is 2. The van der Waals surface area contributed by atoms with Crippen molar-refractivity contribution in [3.8, 4) is 0 Å². The van der Waals surface area contributed by atoms with E-state index in [4.69, 9.17) is 4.74 Å². The van der Waals surface area contributed by atoms with Crippen molar-refractivity contribution in [1.29, 1.82) is 0 Å². The average Bonchev–Trinajstić information content (AvgIpc) is 2.88. The van der Waals surface area contributed by atoms with Crippen LogP contribution >= 0.6 is 0 Å². The van der Waals surface area contributed by atoms with Crippen molar-refractivity contribution in [3.05, 3.63) is 18.2 Å². The molecule has 1 aliphatic rings. The van der Waals surface area contributed by atoms with Gasteiger partial charge in [-0.15, -0.1) is 0 Å². The molecule has 2 unspecified atom stereocenters. The predicted octanol–water partition coefficient (Wildman–Crippen LogP) is 0.884. The number of aromatic nitrogens is 2. The van der Waals surface area contributed by atoms with Gasteiger partial charge in [-0.2, -0.15) is 0 Å². The number of rotatable bonds is 5. The van der Waals surface area contributed by atoms with Gasteiger partial charge in [0.25, 0.3) is 0 Å². The molecule has 5 nitrogen and oxygen atoms in total. The Labute approximate surface area is 109 Å². The van der Waals surface area contributed by atoms with E-state index in [9.17, 15) is 0 Å². The molecule has 0 spiro atoms. The maximum Gasteiger partial charge on any atom is 0.128 e. The van der Waals surface area contributed by atoms with Crippen LogP contribution in [0.25, 0.3) is 0 Å². The van der Waals surface area contributed by atoms with E-state index in [2.05, 4.69) is 33.6 Å². The first-order chi connectivity index (χ1) is 8.80. The summed E-state index contributed by atoms with van der Waals surface area (Å²) in [5, 5.41) is 3.36. The number of imidazole rings is 1.